The molecular weight excluding hydrogens is 623 g/mol. The van der Waals surface area contributed by atoms with Gasteiger partial charge in [-0.25, -0.2) is 0 Å². The van der Waals surface area contributed by atoms with Gasteiger partial charge in [0.2, 0.25) is 0 Å². The molecule has 0 aromatic heterocycles. The molecule has 0 fully saturated rings. The largest absolute Gasteiger partial charge is 1.00 e. The van der Waals surface area contributed by atoms with E-state index in [9.17, 15) is 0 Å². The molecule has 0 N–H and O–H groups in total. The molecule has 40 heavy (non-hydrogen) atoms. The Balaban J connectivity index is 0.00000280. The molecule has 0 spiro atoms. The topological polar surface area (TPSA) is 0 Å². The summed E-state index contributed by atoms with van der Waals surface area (Å²) in [7, 11) is 0. The molecule has 0 heterocycles. The van der Waals surface area contributed by atoms with Crippen LogP contribution in [-0.2, 0) is 20.4 Å². The number of benzene rings is 2. The molecule has 0 aliphatic heterocycles. The van der Waals surface area contributed by atoms with E-state index in [-0.39, 0.29) is 24.8 Å². The summed E-state index contributed by atoms with van der Waals surface area (Å²) in [5, 5.41) is 0. The molecule has 2 aromatic carbocycles. The number of hydrogen-bond acceptors (Lipinski definition) is 0. The number of allylic oxidation sites excluding steroid dienone is 2. The third-order valence-corrected chi connectivity index (χ3v) is 29.2. The van der Waals surface area contributed by atoms with Crippen LogP contribution in [0.15, 0.2) is 23.3 Å². The second-order valence-electron chi connectivity index (χ2n) is 13.7. The summed E-state index contributed by atoms with van der Waals surface area (Å²) in [6.07, 6.45) is 5.26. The molecule has 4 rings (SSSR count). The van der Waals surface area contributed by atoms with Gasteiger partial charge in [0.1, 0.15) is 0 Å². The fourth-order valence-electron chi connectivity index (χ4n) is 7.58. The molecule has 0 radical (unpaired) electrons. The molecule has 0 bridgehead atoms. The Morgan fingerprint density at radius 3 is 1.10 bits per heavy atom. The monoisotopic (exact) mass is 672 g/mol. The van der Waals surface area contributed by atoms with Crippen LogP contribution in [0.2, 0.25) is 13.1 Å². The molecule has 2 aliphatic rings. The van der Waals surface area contributed by atoms with E-state index in [2.05, 4.69) is 120 Å². The first-order valence-corrected chi connectivity index (χ1v) is 24.1. The van der Waals surface area contributed by atoms with Crippen LogP contribution in [0.5, 0.6) is 0 Å². The van der Waals surface area contributed by atoms with Crippen molar-refractivity contribution in [3.8, 4) is 0 Å². The fraction of sp³-hybridized carbons (Fsp3) is 0.556. The summed E-state index contributed by atoms with van der Waals surface area (Å²) < 4.78 is 1.41. The summed E-state index contributed by atoms with van der Waals surface area (Å²) in [5.74, 6) is 2.25. The van der Waals surface area contributed by atoms with E-state index in [0.29, 0.717) is 30.9 Å². The quantitative estimate of drug-likeness (QED) is 0.366. The smallest absolute Gasteiger partial charge is 1.00 e. The Hall–Kier alpha value is -0.400. The van der Waals surface area contributed by atoms with Crippen molar-refractivity contribution in [3.05, 3.63) is 78.9 Å². The van der Waals surface area contributed by atoms with Gasteiger partial charge in [0.15, 0.2) is 0 Å². The molecule has 218 valence electrons. The van der Waals surface area contributed by atoms with Gasteiger partial charge in [-0.1, -0.05) is 0 Å². The zero-order valence-electron chi connectivity index (χ0n) is 27.5. The van der Waals surface area contributed by atoms with E-state index < -0.39 is 25.8 Å². The Morgan fingerprint density at radius 1 is 0.550 bits per heavy atom. The predicted molar refractivity (Wildman–Crippen MR) is 169 cm³/mol. The van der Waals surface area contributed by atoms with Crippen LogP contribution in [0.4, 0.5) is 0 Å². The van der Waals surface area contributed by atoms with Gasteiger partial charge in [0.05, 0.1) is 0 Å². The number of halogens is 2. The van der Waals surface area contributed by atoms with Gasteiger partial charge >= 0.3 is 244 Å². The summed E-state index contributed by atoms with van der Waals surface area (Å²) in [4.78, 5) is 0. The second-order valence-corrected chi connectivity index (χ2v) is 31.6. The van der Waals surface area contributed by atoms with Crippen LogP contribution in [0, 0.1) is 13.8 Å². The van der Waals surface area contributed by atoms with Crippen molar-refractivity contribution in [3.63, 3.8) is 0 Å². The summed E-state index contributed by atoms with van der Waals surface area (Å²) in [6.45, 7) is 34.4. The van der Waals surface area contributed by atoms with Crippen molar-refractivity contribution in [2.45, 2.75) is 127 Å². The van der Waals surface area contributed by atoms with Crippen LogP contribution < -0.4 is 24.8 Å². The van der Waals surface area contributed by atoms with Gasteiger partial charge in [-0.3, -0.25) is 0 Å². The van der Waals surface area contributed by atoms with Crippen molar-refractivity contribution in [2.75, 3.05) is 0 Å². The molecule has 0 amide bonds. The first-order chi connectivity index (χ1) is 17.7. The van der Waals surface area contributed by atoms with Crippen molar-refractivity contribution in [1.29, 1.82) is 0 Å². The van der Waals surface area contributed by atoms with E-state index in [1.807, 2.05) is 0 Å². The minimum absolute atomic E-state index is 0. The number of hydrogen-bond donors (Lipinski definition) is 0. The molecule has 4 heteroatoms. The van der Waals surface area contributed by atoms with E-state index in [0.717, 1.165) is 0 Å². The number of rotatable bonds is 6. The maximum Gasteiger partial charge on any atom is -1.00 e. The Morgan fingerprint density at radius 2 is 0.850 bits per heavy atom. The molecule has 2 unspecified atom stereocenters. The third-order valence-electron chi connectivity index (χ3n) is 9.42. The second kappa shape index (κ2) is 13.5. The van der Waals surface area contributed by atoms with Gasteiger partial charge in [0, 0.05) is 0 Å². The Bertz CT molecular complexity index is 1280. The van der Waals surface area contributed by atoms with Crippen LogP contribution in [0.25, 0.3) is 12.2 Å². The van der Waals surface area contributed by atoms with Gasteiger partial charge < -0.3 is 24.8 Å². The van der Waals surface area contributed by atoms with Crippen LogP contribution >= 0.6 is 0 Å². The van der Waals surface area contributed by atoms with Gasteiger partial charge in [-0.2, -0.15) is 0 Å². The summed E-state index contributed by atoms with van der Waals surface area (Å²) in [6, 6.07) is 5.12. The first kappa shape index (κ1) is 35.8. The predicted octanol–water partition coefficient (Wildman–Crippen LogP) is 5.29. The van der Waals surface area contributed by atoms with Crippen molar-refractivity contribution in [2.24, 2.45) is 0 Å². The minimum Gasteiger partial charge on any atom is -1.00 e. The molecular formula is C36H52Cl2SiZr. The first-order valence-electron chi connectivity index (χ1n) is 15.1. The van der Waals surface area contributed by atoms with Crippen LogP contribution in [-0.4, -0.2) is 5.43 Å². The average Bonchev–Trinajstić information content (AvgIpc) is 3.31. The van der Waals surface area contributed by atoms with Crippen molar-refractivity contribution < 1.29 is 45.2 Å². The Labute approximate surface area is 266 Å². The maximum absolute atomic E-state index is 2.67. The minimum atomic E-state index is -2.11. The normalized spacial score (nSPS) is 17.3. The van der Waals surface area contributed by atoms with E-state index >= 15 is 0 Å². The molecule has 0 saturated carbocycles. The summed E-state index contributed by atoms with van der Waals surface area (Å²) in [5.41, 5.74) is 19.2. The van der Waals surface area contributed by atoms with E-state index in [4.69, 9.17) is 0 Å². The zero-order chi connectivity index (χ0) is 28.4. The molecule has 2 atom stereocenters. The molecule has 2 aliphatic carbocycles. The molecule has 2 aromatic rings. The van der Waals surface area contributed by atoms with E-state index in [1.54, 1.807) is 66.8 Å². The van der Waals surface area contributed by atoms with E-state index in [1.165, 1.54) is 0 Å². The third kappa shape index (κ3) is 6.00. The van der Waals surface area contributed by atoms with Crippen molar-refractivity contribution >= 4 is 17.6 Å². The maximum atomic E-state index is 2.67. The molecule has 0 nitrogen and oxygen atoms in total. The van der Waals surface area contributed by atoms with Gasteiger partial charge in [-0.15, -0.1) is 0 Å². The van der Waals surface area contributed by atoms with Crippen LogP contribution in [0.1, 0.15) is 156 Å². The Kier molecular flexibility index (Phi) is 12.1. The SMILES string of the molecule is CC1=Cc2c(C(C)C)cc(C(C)C)c(C)c2[CH]1[Zr+2]([CH]1C(C)=Cc2c(C(C)C)cc(C(C)C)c(C)c21)=[Si](C)C.[Cl-].[Cl-]. The molecule has 0 saturated heterocycles. The van der Waals surface area contributed by atoms with Gasteiger partial charge in [0.25, 0.3) is 0 Å². The van der Waals surface area contributed by atoms with Crippen molar-refractivity contribution in [1.82, 2.24) is 0 Å². The van der Waals surface area contributed by atoms with Crippen LogP contribution in [0.3, 0.4) is 0 Å². The standard InChI is InChI=1S/2C17H23.C2H6Si.2ClH.Zr/c2*1-10(2)14-9-15(11(3)4)17-8-12(5)7-16(17)13(14)6;1-3-2;;;/h2*7-11H,1-6H3;1-2H3;2*1H;/q;;;;;+2/p-2. The average molecular weight is 675 g/mol. The number of fused-ring (bicyclic) bond motifs is 2. The zero-order valence-corrected chi connectivity index (χ0v) is 32.5. The summed E-state index contributed by atoms with van der Waals surface area (Å²) >= 11 is -2.11. The van der Waals surface area contributed by atoms with Gasteiger partial charge in [-0.05, 0) is 0 Å². The fourth-order valence-corrected chi connectivity index (χ4v) is 28.6.